The van der Waals surface area contributed by atoms with Gasteiger partial charge in [0.1, 0.15) is 11.5 Å². The average Bonchev–Trinajstić information content (AvgIpc) is 2.97. The number of carbonyl (C=O) groups excluding carboxylic acids is 2. The third-order valence-electron chi connectivity index (χ3n) is 4.58. The Morgan fingerprint density at radius 3 is 2.52 bits per heavy atom. The summed E-state index contributed by atoms with van der Waals surface area (Å²) in [7, 11) is 1.52. The minimum Gasteiger partial charge on any atom is -0.507 e. The molecule has 7 heteroatoms. The summed E-state index contributed by atoms with van der Waals surface area (Å²) in [5.74, 6) is -0.971. The molecule has 1 aliphatic rings. The molecule has 3 rings (SSSR count). The SMILES string of the molecule is COCCN1C(=O)C(=O)C(=C(O)c2ccc(OC(C)C)cc2)[C@H]1c1cccnc1. The van der Waals surface area contributed by atoms with Gasteiger partial charge in [-0.3, -0.25) is 14.6 Å². The minimum atomic E-state index is -0.731. The van der Waals surface area contributed by atoms with Crippen LogP contribution in [0.15, 0.2) is 54.4 Å². The molecule has 0 radical (unpaired) electrons. The van der Waals surface area contributed by atoms with Crippen LogP contribution < -0.4 is 4.74 Å². The second kappa shape index (κ2) is 8.87. The van der Waals surface area contributed by atoms with Crippen LogP contribution in [0, 0.1) is 0 Å². The zero-order chi connectivity index (χ0) is 21.0. The number of hydrogen-bond acceptors (Lipinski definition) is 6. The average molecular weight is 396 g/mol. The Morgan fingerprint density at radius 1 is 1.21 bits per heavy atom. The molecular formula is C22H24N2O5. The molecule has 0 aliphatic carbocycles. The molecule has 0 saturated carbocycles. The molecule has 1 saturated heterocycles. The maximum absolute atomic E-state index is 12.8. The van der Waals surface area contributed by atoms with E-state index in [0.29, 0.717) is 16.9 Å². The van der Waals surface area contributed by atoms with Gasteiger partial charge in [0.2, 0.25) is 0 Å². The van der Waals surface area contributed by atoms with Crippen LogP contribution in [0.5, 0.6) is 5.75 Å². The number of aromatic nitrogens is 1. The molecule has 1 aromatic carbocycles. The summed E-state index contributed by atoms with van der Waals surface area (Å²) in [5.41, 5.74) is 1.11. The molecule has 0 bridgehead atoms. The smallest absolute Gasteiger partial charge is 0.295 e. The fraction of sp³-hybridized carbons (Fsp3) is 0.318. The number of aliphatic hydroxyl groups is 1. The third-order valence-corrected chi connectivity index (χ3v) is 4.58. The van der Waals surface area contributed by atoms with E-state index in [2.05, 4.69) is 4.98 Å². The number of methoxy groups -OCH3 is 1. The summed E-state index contributed by atoms with van der Waals surface area (Å²) in [6.45, 7) is 4.33. The number of hydrogen-bond donors (Lipinski definition) is 1. The van der Waals surface area contributed by atoms with Crippen molar-refractivity contribution in [1.82, 2.24) is 9.88 Å². The summed E-state index contributed by atoms with van der Waals surface area (Å²) < 4.78 is 10.7. The van der Waals surface area contributed by atoms with E-state index in [0.717, 1.165) is 0 Å². The number of likely N-dealkylation sites (tertiary alicyclic amines) is 1. The number of Topliss-reactive ketones (excluding diaryl/α,β-unsaturated/α-hetero) is 1. The van der Waals surface area contributed by atoms with Crippen LogP contribution in [0.25, 0.3) is 5.76 Å². The molecule has 2 aromatic rings. The molecular weight excluding hydrogens is 372 g/mol. The van der Waals surface area contributed by atoms with Crippen LogP contribution in [0.1, 0.15) is 31.0 Å². The van der Waals surface area contributed by atoms with E-state index in [1.165, 1.54) is 12.0 Å². The number of nitrogens with zero attached hydrogens (tertiary/aromatic N) is 2. The number of pyridine rings is 1. The molecule has 1 aromatic heterocycles. The van der Waals surface area contributed by atoms with Crippen molar-refractivity contribution < 1.29 is 24.2 Å². The van der Waals surface area contributed by atoms with Gasteiger partial charge in [-0.1, -0.05) is 6.07 Å². The highest BCUT2D eigenvalue weighted by molar-refractivity contribution is 6.46. The maximum Gasteiger partial charge on any atom is 0.295 e. The second-order valence-electron chi connectivity index (χ2n) is 6.96. The first-order valence-corrected chi connectivity index (χ1v) is 9.38. The van der Waals surface area contributed by atoms with E-state index in [-0.39, 0.29) is 30.6 Å². The van der Waals surface area contributed by atoms with Crippen LogP contribution >= 0.6 is 0 Å². The standard InChI is InChI=1S/C22H24N2O5/c1-14(2)29-17-8-6-15(7-9-17)20(25)18-19(16-5-4-10-23-13-16)24(11-12-28-3)22(27)21(18)26/h4-10,13-14,19,25H,11-12H2,1-3H3/t19-/m1/s1. The number of aliphatic hydroxyl groups excluding tert-OH is 1. The summed E-state index contributed by atoms with van der Waals surface area (Å²) >= 11 is 0. The van der Waals surface area contributed by atoms with Crippen molar-refractivity contribution in [3.63, 3.8) is 0 Å². The normalized spacial score (nSPS) is 18.5. The van der Waals surface area contributed by atoms with E-state index >= 15 is 0 Å². The first-order chi connectivity index (χ1) is 13.9. The van der Waals surface area contributed by atoms with Crippen molar-refractivity contribution >= 4 is 17.4 Å². The zero-order valence-electron chi connectivity index (χ0n) is 16.7. The fourth-order valence-corrected chi connectivity index (χ4v) is 3.30. The quantitative estimate of drug-likeness (QED) is 0.440. The first kappa shape index (κ1) is 20.5. The summed E-state index contributed by atoms with van der Waals surface area (Å²) in [6, 6.07) is 9.53. The highest BCUT2D eigenvalue weighted by atomic mass is 16.5. The lowest BCUT2D eigenvalue weighted by Gasteiger charge is -2.24. The van der Waals surface area contributed by atoms with Gasteiger partial charge >= 0.3 is 0 Å². The summed E-state index contributed by atoms with van der Waals surface area (Å²) in [5, 5.41) is 10.9. The van der Waals surface area contributed by atoms with Crippen LogP contribution in [-0.2, 0) is 14.3 Å². The largest absolute Gasteiger partial charge is 0.507 e. The summed E-state index contributed by atoms with van der Waals surface area (Å²) in [6.07, 6.45) is 3.22. The van der Waals surface area contributed by atoms with Gasteiger partial charge in [0.15, 0.2) is 0 Å². The van der Waals surface area contributed by atoms with Crippen molar-refractivity contribution in [2.45, 2.75) is 26.0 Å². The zero-order valence-corrected chi connectivity index (χ0v) is 16.7. The maximum atomic E-state index is 12.8. The predicted molar refractivity (Wildman–Crippen MR) is 107 cm³/mol. The lowest BCUT2D eigenvalue weighted by atomic mass is 9.96. The molecule has 1 N–H and O–H groups in total. The lowest BCUT2D eigenvalue weighted by Crippen LogP contribution is -2.32. The molecule has 1 amide bonds. The Morgan fingerprint density at radius 2 is 1.93 bits per heavy atom. The van der Waals surface area contributed by atoms with Crippen molar-refractivity contribution in [2.24, 2.45) is 0 Å². The number of benzene rings is 1. The van der Waals surface area contributed by atoms with E-state index in [9.17, 15) is 14.7 Å². The van der Waals surface area contributed by atoms with Gasteiger partial charge in [-0.2, -0.15) is 0 Å². The Labute approximate surface area is 169 Å². The van der Waals surface area contributed by atoms with Crippen LogP contribution in [0.2, 0.25) is 0 Å². The van der Waals surface area contributed by atoms with Gasteiger partial charge < -0.3 is 19.5 Å². The van der Waals surface area contributed by atoms with E-state index in [1.54, 1.807) is 48.8 Å². The van der Waals surface area contributed by atoms with Gasteiger partial charge in [0.25, 0.3) is 11.7 Å². The molecule has 0 spiro atoms. The minimum absolute atomic E-state index is 0.0196. The number of carbonyl (C=O) groups is 2. The monoisotopic (exact) mass is 396 g/mol. The Hall–Kier alpha value is -3.19. The molecule has 1 atom stereocenters. The van der Waals surface area contributed by atoms with Crippen molar-refractivity contribution in [2.75, 3.05) is 20.3 Å². The number of amides is 1. The van der Waals surface area contributed by atoms with E-state index < -0.39 is 17.7 Å². The van der Waals surface area contributed by atoms with Gasteiger partial charge in [0.05, 0.1) is 24.3 Å². The summed E-state index contributed by atoms with van der Waals surface area (Å²) in [4.78, 5) is 31.0. The topological polar surface area (TPSA) is 89.0 Å². The lowest BCUT2D eigenvalue weighted by molar-refractivity contribution is -0.140. The molecule has 152 valence electrons. The molecule has 0 unspecified atom stereocenters. The molecule has 1 aliphatic heterocycles. The van der Waals surface area contributed by atoms with E-state index in [4.69, 9.17) is 9.47 Å². The number of rotatable bonds is 7. The van der Waals surface area contributed by atoms with Gasteiger partial charge in [-0.25, -0.2) is 0 Å². The van der Waals surface area contributed by atoms with Crippen LogP contribution in [0.4, 0.5) is 0 Å². The third kappa shape index (κ3) is 4.30. The number of ether oxygens (including phenoxy) is 2. The fourth-order valence-electron chi connectivity index (χ4n) is 3.30. The van der Waals surface area contributed by atoms with Crippen molar-refractivity contribution in [3.05, 3.63) is 65.5 Å². The Bertz CT molecular complexity index is 907. The first-order valence-electron chi connectivity index (χ1n) is 9.38. The Kier molecular flexibility index (Phi) is 6.29. The number of ketones is 1. The van der Waals surface area contributed by atoms with Crippen molar-refractivity contribution in [3.8, 4) is 5.75 Å². The highest BCUT2D eigenvalue weighted by Gasteiger charge is 2.45. The van der Waals surface area contributed by atoms with Crippen LogP contribution in [-0.4, -0.2) is 53.0 Å². The predicted octanol–water partition coefficient (Wildman–Crippen LogP) is 2.94. The molecule has 29 heavy (non-hydrogen) atoms. The van der Waals surface area contributed by atoms with E-state index in [1.807, 2.05) is 13.8 Å². The van der Waals surface area contributed by atoms with Gasteiger partial charge in [-0.05, 0) is 49.7 Å². The van der Waals surface area contributed by atoms with Gasteiger partial charge in [-0.15, -0.1) is 0 Å². The molecule has 2 heterocycles. The van der Waals surface area contributed by atoms with Crippen molar-refractivity contribution in [1.29, 1.82) is 0 Å². The highest BCUT2D eigenvalue weighted by Crippen LogP contribution is 2.39. The molecule has 7 nitrogen and oxygen atoms in total. The second-order valence-corrected chi connectivity index (χ2v) is 6.96. The Balaban J connectivity index is 2.05. The van der Waals surface area contributed by atoms with Crippen LogP contribution in [0.3, 0.4) is 0 Å². The van der Waals surface area contributed by atoms with Gasteiger partial charge in [0, 0.05) is 31.6 Å². The molecule has 1 fully saturated rings.